The van der Waals surface area contributed by atoms with Crippen LogP contribution >= 0.6 is 11.3 Å². The Kier molecular flexibility index (Phi) is 1.55. The zero-order valence-electron chi connectivity index (χ0n) is 5.95. The zero-order chi connectivity index (χ0) is 7.68. The summed E-state index contributed by atoms with van der Waals surface area (Å²) in [6, 6.07) is 1.95. The Labute approximate surface area is 69.3 Å². The largest absolute Gasteiger partial charge is 0.508 e. The van der Waals surface area contributed by atoms with Crippen molar-refractivity contribution in [1.29, 1.82) is 0 Å². The summed E-state index contributed by atoms with van der Waals surface area (Å²) in [6.07, 6.45) is 6.76. The molecule has 1 aromatic heterocycles. The van der Waals surface area contributed by atoms with Crippen LogP contribution in [0, 0.1) is 0 Å². The third-order valence-corrected chi connectivity index (χ3v) is 2.57. The summed E-state index contributed by atoms with van der Waals surface area (Å²) in [5.74, 6) is 0.409. The van der Waals surface area contributed by atoms with Gasteiger partial charge in [-0.25, -0.2) is 0 Å². The number of thiophene rings is 1. The molecule has 0 aromatic carbocycles. The topological polar surface area (TPSA) is 20.2 Å². The number of aliphatic hydroxyl groups excluding tert-OH is 1. The van der Waals surface area contributed by atoms with Crippen LogP contribution in [0.2, 0.25) is 0 Å². The van der Waals surface area contributed by atoms with Crippen molar-refractivity contribution in [2.75, 3.05) is 0 Å². The summed E-state index contributed by atoms with van der Waals surface area (Å²) in [5.41, 5.74) is 0.962. The Morgan fingerprint density at radius 3 is 3.27 bits per heavy atom. The smallest absolute Gasteiger partial charge is 0.120 e. The molecule has 0 atom stereocenters. The van der Waals surface area contributed by atoms with Crippen molar-refractivity contribution in [3.05, 3.63) is 34.0 Å². The zero-order valence-corrected chi connectivity index (χ0v) is 6.77. The van der Waals surface area contributed by atoms with E-state index in [1.165, 1.54) is 0 Å². The maximum absolute atomic E-state index is 9.46. The monoisotopic (exact) mass is 164 g/mol. The maximum Gasteiger partial charge on any atom is 0.120 e. The molecule has 0 saturated heterocycles. The summed E-state index contributed by atoms with van der Waals surface area (Å²) in [4.78, 5) is 1.15. The Balaban J connectivity index is 2.59. The van der Waals surface area contributed by atoms with E-state index in [9.17, 15) is 5.11 Å². The van der Waals surface area contributed by atoms with Gasteiger partial charge >= 0.3 is 0 Å². The highest BCUT2D eigenvalue weighted by Gasteiger charge is 2.06. The van der Waals surface area contributed by atoms with Crippen LogP contribution in [0.4, 0.5) is 0 Å². The minimum atomic E-state index is 0.409. The average molecular weight is 164 g/mol. The fourth-order valence-corrected chi connectivity index (χ4v) is 1.95. The maximum atomic E-state index is 9.46. The van der Waals surface area contributed by atoms with Gasteiger partial charge in [0, 0.05) is 10.4 Å². The molecule has 1 nitrogen and oxygen atoms in total. The fourth-order valence-electron chi connectivity index (χ4n) is 1.13. The lowest BCUT2D eigenvalue weighted by Gasteiger charge is -1.94. The molecule has 0 saturated carbocycles. The van der Waals surface area contributed by atoms with E-state index in [1.54, 1.807) is 11.3 Å². The summed E-state index contributed by atoms with van der Waals surface area (Å²) in [5, 5.41) is 11.4. The predicted molar refractivity (Wildman–Crippen MR) is 48.6 cm³/mol. The highest BCUT2D eigenvalue weighted by molar-refractivity contribution is 7.11. The molecule has 0 spiro atoms. The lowest BCUT2D eigenvalue weighted by atomic mass is 10.2. The molecule has 1 aliphatic rings. The predicted octanol–water partition coefficient (Wildman–Crippen LogP) is 3.06. The van der Waals surface area contributed by atoms with Crippen LogP contribution in [0.25, 0.3) is 11.8 Å². The third kappa shape index (κ3) is 1.10. The van der Waals surface area contributed by atoms with Gasteiger partial charge < -0.3 is 5.11 Å². The van der Waals surface area contributed by atoms with Crippen molar-refractivity contribution in [2.24, 2.45) is 0 Å². The van der Waals surface area contributed by atoms with Gasteiger partial charge in [-0.3, -0.25) is 0 Å². The molecular formula is C9H8OS. The summed E-state index contributed by atoms with van der Waals surface area (Å²) in [6.45, 7) is 0. The Hall–Kier alpha value is -1.02. The number of hydrogen-bond donors (Lipinski definition) is 1. The molecule has 0 amide bonds. The number of allylic oxidation sites excluding steroid dienone is 2. The third-order valence-electron chi connectivity index (χ3n) is 1.69. The average Bonchev–Trinajstić information content (AvgIpc) is 2.40. The second-order valence-corrected chi connectivity index (χ2v) is 3.37. The first-order valence-corrected chi connectivity index (χ1v) is 4.39. The van der Waals surface area contributed by atoms with Crippen LogP contribution in [-0.2, 0) is 0 Å². The molecule has 1 heterocycles. The normalized spacial score (nSPS) is 15.5. The minimum Gasteiger partial charge on any atom is -0.508 e. The van der Waals surface area contributed by atoms with E-state index in [0.29, 0.717) is 5.76 Å². The molecule has 0 unspecified atom stereocenters. The highest BCUT2D eigenvalue weighted by atomic mass is 32.1. The fraction of sp³-hybridized carbons (Fsp3) is 0.111. The Morgan fingerprint density at radius 2 is 2.36 bits per heavy atom. The van der Waals surface area contributed by atoms with Crippen LogP contribution < -0.4 is 0 Å². The quantitative estimate of drug-likeness (QED) is 0.624. The first-order chi connectivity index (χ1) is 5.38. The highest BCUT2D eigenvalue weighted by Crippen LogP contribution is 2.26. The van der Waals surface area contributed by atoms with Gasteiger partial charge in [0.05, 0.1) is 0 Å². The van der Waals surface area contributed by atoms with Gasteiger partial charge in [-0.15, -0.1) is 11.3 Å². The molecule has 11 heavy (non-hydrogen) atoms. The van der Waals surface area contributed by atoms with Crippen LogP contribution in [0.15, 0.2) is 23.6 Å². The van der Waals surface area contributed by atoms with Crippen molar-refractivity contribution in [3.8, 4) is 0 Å². The van der Waals surface area contributed by atoms with Gasteiger partial charge in [-0.05, 0) is 30.0 Å². The Bertz CT molecular complexity index is 320. The van der Waals surface area contributed by atoms with Crippen LogP contribution in [0.3, 0.4) is 0 Å². The van der Waals surface area contributed by atoms with Crippen molar-refractivity contribution in [2.45, 2.75) is 6.42 Å². The molecule has 0 aliphatic heterocycles. The summed E-state index contributed by atoms with van der Waals surface area (Å²) in [7, 11) is 0. The van der Waals surface area contributed by atoms with E-state index < -0.39 is 0 Å². The van der Waals surface area contributed by atoms with E-state index in [-0.39, 0.29) is 0 Å². The van der Waals surface area contributed by atoms with E-state index in [0.717, 1.165) is 16.9 Å². The van der Waals surface area contributed by atoms with Gasteiger partial charge in [0.1, 0.15) is 5.76 Å². The van der Waals surface area contributed by atoms with Crippen LogP contribution in [0.5, 0.6) is 0 Å². The number of hydrogen-bond acceptors (Lipinski definition) is 2. The van der Waals surface area contributed by atoms with Crippen LogP contribution in [-0.4, -0.2) is 5.11 Å². The van der Waals surface area contributed by atoms with Gasteiger partial charge in [0.15, 0.2) is 0 Å². The molecule has 1 aliphatic carbocycles. The number of fused-ring (bicyclic) bond motifs is 1. The second kappa shape index (κ2) is 2.55. The van der Waals surface area contributed by atoms with E-state index in [2.05, 4.69) is 12.2 Å². The van der Waals surface area contributed by atoms with E-state index >= 15 is 0 Å². The first-order valence-electron chi connectivity index (χ1n) is 3.51. The van der Waals surface area contributed by atoms with Crippen molar-refractivity contribution >= 4 is 23.2 Å². The van der Waals surface area contributed by atoms with E-state index in [1.807, 2.05) is 17.5 Å². The van der Waals surface area contributed by atoms with Gasteiger partial charge in [-0.1, -0.05) is 6.08 Å². The summed E-state index contributed by atoms with van der Waals surface area (Å²) >= 11 is 1.65. The van der Waals surface area contributed by atoms with Gasteiger partial charge in [0.25, 0.3) is 0 Å². The van der Waals surface area contributed by atoms with Crippen LogP contribution in [0.1, 0.15) is 16.9 Å². The van der Waals surface area contributed by atoms with Crippen molar-refractivity contribution < 1.29 is 5.11 Å². The SMILES string of the molecule is OC1=CCC=Cc2sccc21. The standard InChI is InChI=1S/C9H8OS/c10-8-3-1-2-4-9-7(8)5-6-11-9/h2-6,10H,1H2. The van der Waals surface area contributed by atoms with Crippen molar-refractivity contribution in [1.82, 2.24) is 0 Å². The molecule has 2 heteroatoms. The van der Waals surface area contributed by atoms with Gasteiger partial charge in [-0.2, -0.15) is 0 Å². The molecule has 1 aromatic rings. The molecule has 2 rings (SSSR count). The molecule has 56 valence electrons. The number of aliphatic hydroxyl groups is 1. The minimum absolute atomic E-state index is 0.409. The molecule has 0 radical (unpaired) electrons. The van der Waals surface area contributed by atoms with Crippen molar-refractivity contribution in [3.63, 3.8) is 0 Å². The second-order valence-electron chi connectivity index (χ2n) is 2.43. The Morgan fingerprint density at radius 1 is 1.45 bits per heavy atom. The van der Waals surface area contributed by atoms with E-state index in [4.69, 9.17) is 0 Å². The molecule has 0 bridgehead atoms. The molecule has 1 N–H and O–H groups in total. The summed E-state index contributed by atoms with van der Waals surface area (Å²) < 4.78 is 0. The van der Waals surface area contributed by atoms with Gasteiger partial charge in [0.2, 0.25) is 0 Å². The number of rotatable bonds is 0. The molecular weight excluding hydrogens is 156 g/mol. The first kappa shape index (κ1) is 6.68. The lowest BCUT2D eigenvalue weighted by molar-refractivity contribution is 0.510. The molecule has 0 fully saturated rings. The lowest BCUT2D eigenvalue weighted by Crippen LogP contribution is -1.78.